The largest absolute Gasteiger partial charge is 0.396 e. The Morgan fingerprint density at radius 3 is 2.79 bits per heavy atom. The van der Waals surface area contributed by atoms with E-state index in [1.54, 1.807) is 0 Å². The molecule has 1 N–H and O–H groups in total. The van der Waals surface area contributed by atoms with E-state index >= 15 is 0 Å². The second-order valence-electron chi connectivity index (χ2n) is 6.14. The minimum Gasteiger partial charge on any atom is -0.396 e. The SMILES string of the molecule is CCCC1CCC(=O)C(CN(C)CCCCCO)C1. The Kier molecular flexibility index (Phi) is 8.31. The smallest absolute Gasteiger partial charge is 0.137 e. The predicted octanol–water partition coefficient (Wildman–Crippen LogP) is 2.87. The van der Waals surface area contributed by atoms with Crippen LogP contribution in [-0.4, -0.2) is 42.5 Å². The third-order valence-electron chi connectivity index (χ3n) is 4.30. The quantitative estimate of drug-likeness (QED) is 0.654. The van der Waals surface area contributed by atoms with E-state index < -0.39 is 0 Å². The van der Waals surface area contributed by atoms with Gasteiger partial charge in [-0.25, -0.2) is 0 Å². The summed E-state index contributed by atoms with van der Waals surface area (Å²) >= 11 is 0. The summed E-state index contributed by atoms with van der Waals surface area (Å²) in [5, 5.41) is 8.75. The monoisotopic (exact) mass is 269 g/mol. The molecule has 3 nitrogen and oxygen atoms in total. The van der Waals surface area contributed by atoms with Crippen molar-refractivity contribution in [2.45, 2.75) is 58.3 Å². The summed E-state index contributed by atoms with van der Waals surface area (Å²) in [7, 11) is 2.12. The minimum atomic E-state index is 0.271. The molecule has 0 saturated heterocycles. The predicted molar refractivity (Wildman–Crippen MR) is 79.2 cm³/mol. The van der Waals surface area contributed by atoms with Gasteiger partial charge in [0.05, 0.1) is 0 Å². The molecule has 2 unspecified atom stereocenters. The Hall–Kier alpha value is -0.410. The van der Waals surface area contributed by atoms with Crippen LogP contribution in [0.2, 0.25) is 0 Å². The van der Waals surface area contributed by atoms with E-state index in [0.717, 1.165) is 57.5 Å². The van der Waals surface area contributed by atoms with Crippen LogP contribution in [-0.2, 0) is 4.79 Å². The van der Waals surface area contributed by atoms with Crippen LogP contribution < -0.4 is 0 Å². The first kappa shape index (κ1) is 16.6. The molecule has 0 aliphatic heterocycles. The van der Waals surface area contributed by atoms with Gasteiger partial charge in [-0.15, -0.1) is 0 Å². The summed E-state index contributed by atoms with van der Waals surface area (Å²) < 4.78 is 0. The highest BCUT2D eigenvalue weighted by Gasteiger charge is 2.28. The lowest BCUT2D eigenvalue weighted by Gasteiger charge is -2.30. The second kappa shape index (κ2) is 9.49. The van der Waals surface area contributed by atoms with Gasteiger partial charge in [0.1, 0.15) is 5.78 Å². The summed E-state index contributed by atoms with van der Waals surface area (Å²) in [6, 6.07) is 0. The minimum absolute atomic E-state index is 0.271. The van der Waals surface area contributed by atoms with Gasteiger partial charge in [-0.1, -0.05) is 19.8 Å². The topological polar surface area (TPSA) is 40.5 Å². The zero-order valence-electron chi connectivity index (χ0n) is 12.7. The molecular weight excluding hydrogens is 238 g/mol. The van der Waals surface area contributed by atoms with E-state index in [1.807, 2.05) is 0 Å². The highest BCUT2D eigenvalue weighted by atomic mass is 16.2. The van der Waals surface area contributed by atoms with Gasteiger partial charge in [-0.05, 0) is 51.6 Å². The van der Waals surface area contributed by atoms with Gasteiger partial charge in [-0.3, -0.25) is 4.79 Å². The van der Waals surface area contributed by atoms with Gasteiger partial charge in [0.15, 0.2) is 0 Å². The fourth-order valence-electron chi connectivity index (χ4n) is 3.19. The standard InChI is InChI=1S/C16H31NO2/c1-3-7-14-8-9-16(19)15(12-14)13-17(2)10-5-4-6-11-18/h14-15,18H,3-13H2,1-2H3. The molecule has 0 aromatic rings. The van der Waals surface area contributed by atoms with Crippen LogP contribution in [0.4, 0.5) is 0 Å². The lowest BCUT2D eigenvalue weighted by atomic mass is 9.78. The Morgan fingerprint density at radius 1 is 1.32 bits per heavy atom. The molecule has 3 heteroatoms. The van der Waals surface area contributed by atoms with Crippen molar-refractivity contribution in [1.82, 2.24) is 4.90 Å². The third-order valence-corrected chi connectivity index (χ3v) is 4.30. The molecule has 0 aromatic heterocycles. The van der Waals surface area contributed by atoms with E-state index in [-0.39, 0.29) is 5.92 Å². The number of hydrogen-bond acceptors (Lipinski definition) is 3. The van der Waals surface area contributed by atoms with Crippen LogP contribution in [0.1, 0.15) is 58.3 Å². The maximum atomic E-state index is 12.0. The van der Waals surface area contributed by atoms with Crippen LogP contribution in [0.25, 0.3) is 0 Å². The third kappa shape index (κ3) is 6.53. The van der Waals surface area contributed by atoms with Crippen molar-refractivity contribution in [1.29, 1.82) is 0 Å². The fourth-order valence-corrected chi connectivity index (χ4v) is 3.19. The van der Waals surface area contributed by atoms with E-state index in [9.17, 15) is 4.79 Å². The Bertz CT molecular complexity index is 255. The zero-order valence-corrected chi connectivity index (χ0v) is 12.7. The van der Waals surface area contributed by atoms with E-state index in [4.69, 9.17) is 5.11 Å². The number of carbonyl (C=O) groups excluding carboxylic acids is 1. The molecular formula is C16H31NO2. The number of Topliss-reactive ketones (excluding diaryl/α,β-unsaturated/α-hetero) is 1. The van der Waals surface area contributed by atoms with Crippen molar-refractivity contribution >= 4 is 5.78 Å². The molecule has 1 fully saturated rings. The van der Waals surface area contributed by atoms with Crippen molar-refractivity contribution in [3.63, 3.8) is 0 Å². The van der Waals surface area contributed by atoms with Crippen LogP contribution >= 0.6 is 0 Å². The van der Waals surface area contributed by atoms with Crippen LogP contribution in [0.5, 0.6) is 0 Å². The normalized spacial score (nSPS) is 24.1. The summed E-state index contributed by atoms with van der Waals surface area (Å²) in [5.74, 6) is 1.53. The number of aliphatic hydroxyl groups is 1. The van der Waals surface area contributed by atoms with Crippen molar-refractivity contribution in [3.05, 3.63) is 0 Å². The molecule has 112 valence electrons. The zero-order chi connectivity index (χ0) is 14.1. The molecule has 0 bridgehead atoms. The molecule has 1 rings (SSSR count). The highest BCUT2D eigenvalue weighted by molar-refractivity contribution is 5.81. The van der Waals surface area contributed by atoms with Crippen molar-refractivity contribution in [2.75, 3.05) is 26.7 Å². The Labute approximate surface area is 118 Å². The van der Waals surface area contributed by atoms with Crippen molar-refractivity contribution < 1.29 is 9.90 Å². The van der Waals surface area contributed by atoms with Crippen LogP contribution in [0.15, 0.2) is 0 Å². The first-order chi connectivity index (χ1) is 9.17. The van der Waals surface area contributed by atoms with Crippen LogP contribution in [0.3, 0.4) is 0 Å². The molecule has 0 amide bonds. The Balaban J connectivity index is 2.26. The number of nitrogens with zero attached hydrogens (tertiary/aromatic N) is 1. The van der Waals surface area contributed by atoms with Gasteiger partial charge in [-0.2, -0.15) is 0 Å². The average molecular weight is 269 g/mol. The maximum absolute atomic E-state index is 12.0. The van der Waals surface area contributed by atoms with E-state index in [1.165, 1.54) is 12.8 Å². The molecule has 0 heterocycles. The van der Waals surface area contributed by atoms with Crippen LogP contribution in [0, 0.1) is 11.8 Å². The molecule has 0 aromatic carbocycles. The van der Waals surface area contributed by atoms with Crippen molar-refractivity contribution in [2.24, 2.45) is 11.8 Å². The number of hydrogen-bond donors (Lipinski definition) is 1. The van der Waals surface area contributed by atoms with Gasteiger partial charge in [0.25, 0.3) is 0 Å². The summed E-state index contributed by atoms with van der Waals surface area (Å²) in [5.41, 5.74) is 0. The van der Waals surface area contributed by atoms with Gasteiger partial charge in [0, 0.05) is 25.5 Å². The molecule has 0 radical (unpaired) electrons. The van der Waals surface area contributed by atoms with Gasteiger partial charge in [0.2, 0.25) is 0 Å². The average Bonchev–Trinajstić information content (AvgIpc) is 2.39. The molecule has 2 atom stereocenters. The molecule has 19 heavy (non-hydrogen) atoms. The van der Waals surface area contributed by atoms with Gasteiger partial charge >= 0.3 is 0 Å². The number of unbranched alkanes of at least 4 members (excludes halogenated alkanes) is 2. The summed E-state index contributed by atoms with van der Waals surface area (Å²) in [6.07, 6.45) is 8.64. The highest BCUT2D eigenvalue weighted by Crippen LogP contribution is 2.30. The first-order valence-electron chi connectivity index (χ1n) is 7.99. The lowest BCUT2D eigenvalue weighted by molar-refractivity contribution is -0.126. The Morgan fingerprint density at radius 2 is 2.11 bits per heavy atom. The number of ketones is 1. The van der Waals surface area contributed by atoms with Crippen molar-refractivity contribution in [3.8, 4) is 0 Å². The number of aliphatic hydroxyl groups excluding tert-OH is 1. The lowest BCUT2D eigenvalue weighted by Crippen LogP contribution is -2.35. The van der Waals surface area contributed by atoms with E-state index in [0.29, 0.717) is 12.4 Å². The molecule has 1 aliphatic rings. The van der Waals surface area contributed by atoms with E-state index in [2.05, 4.69) is 18.9 Å². The summed E-state index contributed by atoms with van der Waals surface area (Å²) in [6.45, 7) is 4.50. The molecule has 1 saturated carbocycles. The molecule has 1 aliphatic carbocycles. The number of carbonyl (C=O) groups is 1. The first-order valence-corrected chi connectivity index (χ1v) is 7.99. The fraction of sp³-hybridized carbons (Fsp3) is 0.938. The number of rotatable bonds is 9. The maximum Gasteiger partial charge on any atom is 0.137 e. The van der Waals surface area contributed by atoms with Gasteiger partial charge < -0.3 is 10.0 Å². The summed E-state index contributed by atoms with van der Waals surface area (Å²) in [4.78, 5) is 14.3. The second-order valence-corrected chi connectivity index (χ2v) is 6.14. The molecule has 0 spiro atoms.